The molecule has 2 N–H and O–H groups in total. The van der Waals surface area contributed by atoms with Gasteiger partial charge in [0.1, 0.15) is 5.75 Å². The quantitative estimate of drug-likeness (QED) is 0.758. The molecule has 0 radical (unpaired) electrons. The molecule has 2 nitrogen and oxygen atoms in total. The van der Waals surface area contributed by atoms with Gasteiger partial charge in [-0.3, -0.25) is 0 Å². The molecule has 2 rings (SSSR count). The molecule has 0 aromatic heterocycles. The fourth-order valence-corrected chi connectivity index (χ4v) is 1.96. The van der Waals surface area contributed by atoms with Crippen LogP contribution in [0.5, 0.6) is 5.75 Å². The van der Waals surface area contributed by atoms with Crippen LogP contribution in [0.1, 0.15) is 24.4 Å². The molecule has 0 saturated carbocycles. The molecule has 0 bridgehead atoms. The molecular formula is C10H12BrNO. The molecule has 0 amide bonds. The summed E-state index contributed by atoms with van der Waals surface area (Å²) in [6.45, 7) is 0.780. The zero-order valence-corrected chi connectivity index (χ0v) is 8.88. The number of hydrogen-bond donors (Lipinski definition) is 1. The highest BCUT2D eigenvalue weighted by molar-refractivity contribution is 9.10. The van der Waals surface area contributed by atoms with E-state index >= 15 is 0 Å². The van der Waals surface area contributed by atoms with Crippen molar-refractivity contribution >= 4 is 15.9 Å². The number of benzene rings is 1. The Morgan fingerprint density at radius 2 is 2.31 bits per heavy atom. The summed E-state index contributed by atoms with van der Waals surface area (Å²) in [5.74, 6) is 0.938. The summed E-state index contributed by atoms with van der Waals surface area (Å²) < 4.78 is 6.64. The first-order chi connectivity index (χ1) is 6.27. The Hall–Kier alpha value is -0.540. The van der Waals surface area contributed by atoms with Crippen LogP contribution in [0.25, 0.3) is 0 Å². The van der Waals surface area contributed by atoms with E-state index in [0.29, 0.717) is 0 Å². The van der Waals surface area contributed by atoms with E-state index < -0.39 is 0 Å². The van der Waals surface area contributed by atoms with Crippen LogP contribution in [0.2, 0.25) is 0 Å². The van der Waals surface area contributed by atoms with Gasteiger partial charge in [0.05, 0.1) is 6.61 Å². The normalized spacial score (nSPS) is 21.5. The maximum absolute atomic E-state index is 6.01. The molecule has 0 unspecified atom stereocenters. The average molecular weight is 242 g/mol. The van der Waals surface area contributed by atoms with Gasteiger partial charge in [0.25, 0.3) is 0 Å². The van der Waals surface area contributed by atoms with Gasteiger partial charge < -0.3 is 10.5 Å². The molecule has 1 aliphatic heterocycles. The fraction of sp³-hybridized carbons (Fsp3) is 0.400. The van der Waals surface area contributed by atoms with Crippen molar-refractivity contribution < 1.29 is 4.74 Å². The molecule has 1 atom stereocenters. The molecule has 3 heteroatoms. The summed E-state index contributed by atoms with van der Waals surface area (Å²) in [6, 6.07) is 6.13. The zero-order valence-electron chi connectivity index (χ0n) is 7.29. The van der Waals surface area contributed by atoms with Crippen LogP contribution in [0.4, 0.5) is 0 Å². The topological polar surface area (TPSA) is 35.2 Å². The van der Waals surface area contributed by atoms with Gasteiger partial charge >= 0.3 is 0 Å². The van der Waals surface area contributed by atoms with Crippen molar-refractivity contribution in [2.24, 2.45) is 5.73 Å². The first kappa shape index (κ1) is 9.03. The van der Waals surface area contributed by atoms with Crippen LogP contribution in [0.3, 0.4) is 0 Å². The van der Waals surface area contributed by atoms with Crippen LogP contribution in [-0.4, -0.2) is 6.61 Å². The Morgan fingerprint density at radius 1 is 1.46 bits per heavy atom. The van der Waals surface area contributed by atoms with Crippen LogP contribution in [-0.2, 0) is 0 Å². The minimum Gasteiger partial charge on any atom is -0.493 e. The Morgan fingerprint density at radius 3 is 3.15 bits per heavy atom. The van der Waals surface area contributed by atoms with Crippen molar-refractivity contribution in [3.63, 3.8) is 0 Å². The molecule has 1 aromatic carbocycles. The molecule has 13 heavy (non-hydrogen) atoms. The highest BCUT2D eigenvalue weighted by atomic mass is 79.9. The molecular weight excluding hydrogens is 230 g/mol. The van der Waals surface area contributed by atoms with E-state index in [1.807, 2.05) is 18.2 Å². The SMILES string of the molecule is N[C@@H]1CCCOc2ccc(Br)cc21. The predicted molar refractivity (Wildman–Crippen MR) is 55.8 cm³/mol. The minimum atomic E-state index is 0.120. The van der Waals surface area contributed by atoms with Gasteiger partial charge in [0.15, 0.2) is 0 Å². The summed E-state index contributed by atoms with van der Waals surface area (Å²) in [6.07, 6.45) is 2.04. The van der Waals surface area contributed by atoms with Crippen molar-refractivity contribution in [1.29, 1.82) is 0 Å². The Balaban J connectivity index is 2.43. The summed E-state index contributed by atoms with van der Waals surface area (Å²) in [4.78, 5) is 0. The second-order valence-electron chi connectivity index (χ2n) is 3.28. The predicted octanol–water partition coefficient (Wildman–Crippen LogP) is 2.62. The van der Waals surface area contributed by atoms with Crippen molar-refractivity contribution in [3.8, 4) is 5.75 Å². The van der Waals surface area contributed by atoms with E-state index in [0.717, 1.165) is 35.2 Å². The first-order valence-corrected chi connectivity index (χ1v) is 5.24. The highest BCUT2D eigenvalue weighted by Crippen LogP contribution is 2.31. The molecule has 1 aromatic rings. The fourth-order valence-electron chi connectivity index (χ4n) is 1.58. The maximum atomic E-state index is 6.01. The van der Waals surface area contributed by atoms with Crippen LogP contribution >= 0.6 is 15.9 Å². The van der Waals surface area contributed by atoms with Gasteiger partial charge in [-0.1, -0.05) is 15.9 Å². The minimum absolute atomic E-state index is 0.120. The number of ether oxygens (including phenoxy) is 1. The van der Waals surface area contributed by atoms with Crippen LogP contribution < -0.4 is 10.5 Å². The summed E-state index contributed by atoms with van der Waals surface area (Å²) in [7, 11) is 0. The summed E-state index contributed by atoms with van der Waals surface area (Å²) in [5.41, 5.74) is 7.13. The lowest BCUT2D eigenvalue weighted by atomic mass is 10.0. The van der Waals surface area contributed by atoms with E-state index in [9.17, 15) is 0 Å². The van der Waals surface area contributed by atoms with Crippen molar-refractivity contribution in [3.05, 3.63) is 28.2 Å². The molecule has 0 aliphatic carbocycles. The lowest BCUT2D eigenvalue weighted by Gasteiger charge is -2.11. The smallest absolute Gasteiger partial charge is 0.124 e. The molecule has 0 fully saturated rings. The Bertz CT molecular complexity index is 314. The van der Waals surface area contributed by atoms with Gasteiger partial charge in [-0.05, 0) is 31.0 Å². The second kappa shape index (κ2) is 3.68. The third kappa shape index (κ3) is 1.86. The number of rotatable bonds is 0. The number of halogens is 1. The monoisotopic (exact) mass is 241 g/mol. The second-order valence-corrected chi connectivity index (χ2v) is 4.20. The molecule has 1 aliphatic rings. The number of hydrogen-bond acceptors (Lipinski definition) is 2. The first-order valence-electron chi connectivity index (χ1n) is 4.45. The lowest BCUT2D eigenvalue weighted by molar-refractivity contribution is 0.316. The standard InChI is InChI=1S/C10H12BrNO/c11-7-3-4-10-8(6-7)9(12)2-1-5-13-10/h3-4,6,9H,1-2,5,12H2/t9-/m1/s1. The van der Waals surface area contributed by atoms with Gasteiger partial charge in [-0.2, -0.15) is 0 Å². The van der Waals surface area contributed by atoms with Crippen LogP contribution in [0, 0.1) is 0 Å². The van der Waals surface area contributed by atoms with Gasteiger partial charge in [-0.15, -0.1) is 0 Å². The third-order valence-corrected chi connectivity index (χ3v) is 2.78. The summed E-state index contributed by atoms with van der Waals surface area (Å²) >= 11 is 3.43. The van der Waals surface area contributed by atoms with Crippen molar-refractivity contribution in [1.82, 2.24) is 0 Å². The summed E-state index contributed by atoms with van der Waals surface area (Å²) in [5, 5.41) is 0. The molecule has 70 valence electrons. The van der Waals surface area contributed by atoms with E-state index in [1.54, 1.807) is 0 Å². The Kier molecular flexibility index (Phi) is 2.56. The molecule has 1 heterocycles. The van der Waals surface area contributed by atoms with Gasteiger partial charge in [0.2, 0.25) is 0 Å². The molecule has 0 saturated heterocycles. The van der Waals surface area contributed by atoms with Crippen molar-refractivity contribution in [2.75, 3.05) is 6.61 Å². The third-order valence-electron chi connectivity index (χ3n) is 2.29. The van der Waals surface area contributed by atoms with E-state index in [1.165, 1.54) is 0 Å². The van der Waals surface area contributed by atoms with Crippen molar-refractivity contribution in [2.45, 2.75) is 18.9 Å². The maximum Gasteiger partial charge on any atom is 0.124 e. The van der Waals surface area contributed by atoms with Gasteiger partial charge in [0, 0.05) is 16.1 Å². The van der Waals surface area contributed by atoms with E-state index in [2.05, 4.69) is 15.9 Å². The number of fused-ring (bicyclic) bond motifs is 1. The zero-order chi connectivity index (χ0) is 9.26. The lowest BCUT2D eigenvalue weighted by Crippen LogP contribution is -2.08. The van der Waals surface area contributed by atoms with Gasteiger partial charge in [-0.25, -0.2) is 0 Å². The average Bonchev–Trinajstić information content (AvgIpc) is 2.29. The molecule has 0 spiro atoms. The van der Waals surface area contributed by atoms with Crippen LogP contribution in [0.15, 0.2) is 22.7 Å². The highest BCUT2D eigenvalue weighted by Gasteiger charge is 2.15. The largest absolute Gasteiger partial charge is 0.493 e. The van der Waals surface area contributed by atoms with E-state index in [4.69, 9.17) is 10.5 Å². The number of nitrogens with two attached hydrogens (primary N) is 1. The van der Waals surface area contributed by atoms with E-state index in [-0.39, 0.29) is 6.04 Å². The Labute approximate surface area is 86.2 Å².